The van der Waals surface area contributed by atoms with E-state index in [0.29, 0.717) is 16.8 Å². The number of carbonyl (C=O) groups excluding carboxylic acids is 1. The fourth-order valence-corrected chi connectivity index (χ4v) is 3.32. The van der Waals surface area contributed by atoms with E-state index in [1.165, 1.54) is 0 Å². The highest BCUT2D eigenvalue weighted by atomic mass is 16.3. The zero-order valence-corrected chi connectivity index (χ0v) is 14.2. The molecule has 130 valence electrons. The van der Waals surface area contributed by atoms with Gasteiger partial charge in [0.15, 0.2) is 0 Å². The minimum absolute atomic E-state index is 0.0680. The van der Waals surface area contributed by atoms with Crippen LogP contribution in [-0.4, -0.2) is 10.9 Å². The number of anilines is 1. The van der Waals surface area contributed by atoms with Crippen LogP contribution < -0.4 is 10.9 Å². The summed E-state index contributed by atoms with van der Waals surface area (Å²) in [4.78, 5) is 27.6. The molecule has 3 aromatic carbocycles. The van der Waals surface area contributed by atoms with Crippen LogP contribution in [0.25, 0.3) is 32.8 Å². The molecule has 0 aliphatic carbocycles. The van der Waals surface area contributed by atoms with Gasteiger partial charge in [0.1, 0.15) is 16.7 Å². The molecule has 27 heavy (non-hydrogen) atoms. The molecule has 0 unspecified atom stereocenters. The number of hydrogen-bond donors (Lipinski definition) is 2. The van der Waals surface area contributed by atoms with E-state index in [9.17, 15) is 9.59 Å². The van der Waals surface area contributed by atoms with Gasteiger partial charge < -0.3 is 14.7 Å². The fraction of sp³-hybridized carbons (Fsp3) is 0. The molecule has 0 spiro atoms. The summed E-state index contributed by atoms with van der Waals surface area (Å²) < 4.78 is 5.84. The first-order valence-corrected chi connectivity index (χ1v) is 8.54. The number of benzene rings is 3. The van der Waals surface area contributed by atoms with Crippen molar-refractivity contribution in [2.75, 3.05) is 5.32 Å². The number of fused-ring (bicyclic) bond motifs is 4. The number of aromatic nitrogens is 1. The fourth-order valence-electron chi connectivity index (χ4n) is 3.32. The number of carbonyl (C=O) groups is 1. The number of aromatic amines is 1. The van der Waals surface area contributed by atoms with Crippen molar-refractivity contribution in [3.63, 3.8) is 0 Å². The van der Waals surface area contributed by atoms with Gasteiger partial charge >= 0.3 is 0 Å². The van der Waals surface area contributed by atoms with E-state index in [-0.39, 0.29) is 5.56 Å². The Morgan fingerprint density at radius 2 is 1.63 bits per heavy atom. The average Bonchev–Trinajstić information content (AvgIpc) is 3.05. The summed E-state index contributed by atoms with van der Waals surface area (Å²) in [6.07, 6.45) is 0. The Hall–Kier alpha value is -3.86. The third kappa shape index (κ3) is 2.57. The number of H-pyrrole nitrogens is 1. The molecular formula is C22H14N2O3. The number of para-hydroxylation sites is 2. The summed E-state index contributed by atoms with van der Waals surface area (Å²) in [5, 5.41) is 5.59. The maximum absolute atomic E-state index is 12.6. The van der Waals surface area contributed by atoms with Crippen molar-refractivity contribution in [1.82, 2.24) is 4.98 Å². The Bertz CT molecular complexity index is 1400. The van der Waals surface area contributed by atoms with Crippen LogP contribution in [0.1, 0.15) is 10.4 Å². The molecule has 0 saturated carbocycles. The Kier molecular flexibility index (Phi) is 3.33. The number of pyridine rings is 1. The number of nitrogens with one attached hydrogen (secondary N) is 2. The van der Waals surface area contributed by atoms with Crippen molar-refractivity contribution in [3.8, 4) is 0 Å². The molecule has 0 aliphatic heterocycles. The van der Waals surface area contributed by atoms with Crippen molar-refractivity contribution in [1.29, 1.82) is 0 Å². The predicted molar refractivity (Wildman–Crippen MR) is 106 cm³/mol. The SMILES string of the molecule is O=C(Nc1ccc2c(c1)oc1ccccc12)c1cc2ccccc2[nH]c1=O. The molecule has 2 N–H and O–H groups in total. The molecule has 0 atom stereocenters. The molecule has 2 heterocycles. The molecule has 2 aromatic heterocycles. The second-order valence-corrected chi connectivity index (χ2v) is 6.36. The third-order valence-electron chi connectivity index (χ3n) is 4.63. The molecule has 0 aliphatic rings. The predicted octanol–water partition coefficient (Wildman–Crippen LogP) is 4.68. The third-order valence-corrected chi connectivity index (χ3v) is 4.63. The Morgan fingerprint density at radius 1 is 0.852 bits per heavy atom. The van der Waals surface area contributed by atoms with Crippen molar-refractivity contribution in [2.45, 2.75) is 0 Å². The highest BCUT2D eigenvalue weighted by Gasteiger charge is 2.13. The minimum Gasteiger partial charge on any atom is -0.456 e. The maximum Gasteiger partial charge on any atom is 0.261 e. The van der Waals surface area contributed by atoms with Gasteiger partial charge in [-0.3, -0.25) is 9.59 Å². The normalized spacial score (nSPS) is 11.3. The molecule has 0 bridgehead atoms. The van der Waals surface area contributed by atoms with Crippen LogP contribution in [0, 0.1) is 0 Å². The Balaban J connectivity index is 1.53. The second kappa shape index (κ2) is 5.85. The molecule has 5 nitrogen and oxygen atoms in total. The lowest BCUT2D eigenvalue weighted by atomic mass is 10.1. The lowest BCUT2D eigenvalue weighted by Crippen LogP contribution is -2.22. The summed E-state index contributed by atoms with van der Waals surface area (Å²) in [6, 6.07) is 22.2. The van der Waals surface area contributed by atoms with E-state index in [0.717, 1.165) is 21.7 Å². The largest absolute Gasteiger partial charge is 0.456 e. The zero-order valence-electron chi connectivity index (χ0n) is 14.2. The summed E-state index contributed by atoms with van der Waals surface area (Å²) in [5.74, 6) is -0.461. The smallest absolute Gasteiger partial charge is 0.261 e. The minimum atomic E-state index is -0.461. The van der Waals surface area contributed by atoms with Crippen LogP contribution in [0.5, 0.6) is 0 Å². The Labute approximate surface area is 153 Å². The van der Waals surface area contributed by atoms with Crippen LogP contribution in [0.2, 0.25) is 0 Å². The average molecular weight is 354 g/mol. The van der Waals surface area contributed by atoms with Crippen molar-refractivity contribution < 1.29 is 9.21 Å². The van der Waals surface area contributed by atoms with E-state index in [1.54, 1.807) is 24.3 Å². The molecule has 1 amide bonds. The van der Waals surface area contributed by atoms with Crippen LogP contribution in [0.4, 0.5) is 5.69 Å². The van der Waals surface area contributed by atoms with E-state index < -0.39 is 11.5 Å². The quantitative estimate of drug-likeness (QED) is 0.483. The first-order valence-electron chi connectivity index (χ1n) is 8.54. The van der Waals surface area contributed by atoms with E-state index in [2.05, 4.69) is 10.3 Å². The second-order valence-electron chi connectivity index (χ2n) is 6.36. The monoisotopic (exact) mass is 354 g/mol. The van der Waals surface area contributed by atoms with Gasteiger partial charge in [0.2, 0.25) is 0 Å². The molecule has 0 radical (unpaired) electrons. The van der Waals surface area contributed by atoms with Crippen LogP contribution in [0.3, 0.4) is 0 Å². The topological polar surface area (TPSA) is 75.1 Å². The van der Waals surface area contributed by atoms with Crippen molar-refractivity contribution >= 4 is 44.4 Å². The van der Waals surface area contributed by atoms with Gasteiger partial charge in [0.25, 0.3) is 11.5 Å². The van der Waals surface area contributed by atoms with Crippen LogP contribution >= 0.6 is 0 Å². The molecule has 5 heteroatoms. The van der Waals surface area contributed by atoms with Crippen molar-refractivity contribution in [2.24, 2.45) is 0 Å². The highest BCUT2D eigenvalue weighted by Crippen LogP contribution is 2.30. The van der Waals surface area contributed by atoms with Gasteiger partial charge in [-0.1, -0.05) is 36.4 Å². The summed E-state index contributed by atoms with van der Waals surface area (Å²) in [5.41, 5.74) is 2.39. The molecular weight excluding hydrogens is 340 g/mol. The number of rotatable bonds is 2. The molecule has 5 aromatic rings. The van der Waals surface area contributed by atoms with Gasteiger partial charge in [-0.2, -0.15) is 0 Å². The van der Waals surface area contributed by atoms with Gasteiger partial charge in [-0.15, -0.1) is 0 Å². The number of furan rings is 1. The summed E-state index contributed by atoms with van der Waals surface area (Å²) >= 11 is 0. The lowest BCUT2D eigenvalue weighted by Gasteiger charge is -2.06. The number of hydrogen-bond acceptors (Lipinski definition) is 3. The van der Waals surface area contributed by atoms with E-state index >= 15 is 0 Å². The highest BCUT2D eigenvalue weighted by molar-refractivity contribution is 6.09. The molecule has 0 saturated heterocycles. The zero-order chi connectivity index (χ0) is 18.4. The van der Waals surface area contributed by atoms with Crippen molar-refractivity contribution in [3.05, 3.63) is 88.7 Å². The lowest BCUT2D eigenvalue weighted by molar-refractivity contribution is 0.102. The van der Waals surface area contributed by atoms with E-state index in [1.807, 2.05) is 48.5 Å². The maximum atomic E-state index is 12.6. The van der Waals surface area contributed by atoms with Gasteiger partial charge in [0.05, 0.1) is 0 Å². The van der Waals surface area contributed by atoms with Gasteiger partial charge in [-0.25, -0.2) is 0 Å². The summed E-state index contributed by atoms with van der Waals surface area (Å²) in [7, 11) is 0. The molecule has 5 rings (SSSR count). The summed E-state index contributed by atoms with van der Waals surface area (Å²) in [6.45, 7) is 0. The van der Waals surface area contributed by atoms with Gasteiger partial charge in [-0.05, 0) is 35.7 Å². The Morgan fingerprint density at radius 3 is 2.56 bits per heavy atom. The number of amides is 1. The first kappa shape index (κ1) is 15.4. The van der Waals surface area contributed by atoms with Gasteiger partial charge in [0, 0.05) is 28.0 Å². The van der Waals surface area contributed by atoms with Crippen LogP contribution in [0.15, 0.2) is 82.0 Å². The first-order chi connectivity index (χ1) is 13.2. The van der Waals surface area contributed by atoms with E-state index in [4.69, 9.17) is 4.42 Å². The molecule has 0 fully saturated rings. The van der Waals surface area contributed by atoms with Crippen LogP contribution in [-0.2, 0) is 0 Å². The standard InChI is InChI=1S/C22H14N2O3/c25-21(17-11-13-5-1-3-7-18(13)24-22(17)26)23-14-9-10-16-15-6-2-4-8-19(15)27-20(16)12-14/h1-12H,(H,23,25)(H,24,26).